The molecular weight excluding hydrogens is 380 g/mol. The quantitative estimate of drug-likeness (QED) is 0.385. The summed E-state index contributed by atoms with van der Waals surface area (Å²) < 4.78 is 4.57. The normalized spacial score (nSPS) is 12.2. The van der Waals surface area contributed by atoms with Gasteiger partial charge in [-0.25, -0.2) is 0 Å². The molecule has 2 aromatic rings. The van der Waals surface area contributed by atoms with Crippen LogP contribution in [0.5, 0.6) is 11.5 Å². The number of ether oxygens (including phenoxy) is 1. The Labute approximate surface area is 164 Å². The number of carbonyl (C=O) groups excluding carboxylic acids is 5. The number of rotatable bonds is 5. The molecule has 0 aromatic heterocycles. The number of fused-ring (bicyclic) bond motifs is 2. The number of esters is 1. The first-order valence-corrected chi connectivity index (χ1v) is 8.55. The highest BCUT2D eigenvalue weighted by molar-refractivity contribution is 6.31. The van der Waals surface area contributed by atoms with Crippen LogP contribution in [0.4, 0.5) is 0 Å². The van der Waals surface area contributed by atoms with Crippen molar-refractivity contribution < 1.29 is 38.9 Å². The summed E-state index contributed by atoms with van der Waals surface area (Å²) in [4.78, 5) is 61.4. The van der Waals surface area contributed by atoms with Crippen LogP contribution in [-0.2, 0) is 20.7 Å². The molecule has 0 bridgehead atoms. The fourth-order valence-electron chi connectivity index (χ4n) is 3.34. The summed E-state index contributed by atoms with van der Waals surface area (Å²) in [6.45, 7) is 1.16. The number of methoxy groups -OCH3 is 1. The van der Waals surface area contributed by atoms with E-state index in [0.717, 1.165) is 20.1 Å². The number of hydrogen-bond donors (Lipinski definition) is 1. The van der Waals surface area contributed by atoms with Crippen molar-refractivity contribution in [3.63, 3.8) is 0 Å². The highest BCUT2D eigenvalue weighted by atomic mass is 16.5. The average molecular weight is 395 g/mol. The van der Waals surface area contributed by atoms with Gasteiger partial charge >= 0.3 is 5.97 Å². The lowest BCUT2D eigenvalue weighted by atomic mass is 9.79. The molecule has 0 saturated carbocycles. The van der Waals surface area contributed by atoms with Gasteiger partial charge in [-0.2, -0.15) is 0 Å². The lowest BCUT2D eigenvalue weighted by Gasteiger charge is -2.27. The first-order valence-electron chi connectivity index (χ1n) is 8.55. The molecule has 0 radical (unpaired) electrons. The molecular formula is C21H15O8-. The van der Waals surface area contributed by atoms with Crippen LogP contribution in [0.1, 0.15) is 61.1 Å². The fraction of sp³-hybridized carbons (Fsp3) is 0.190. The minimum atomic E-state index is -1.06. The van der Waals surface area contributed by atoms with Crippen LogP contribution in [0.25, 0.3) is 0 Å². The molecule has 0 heterocycles. The topological polar surface area (TPSA) is 138 Å². The lowest BCUT2D eigenvalue weighted by molar-refractivity contribution is -0.269. The molecule has 148 valence electrons. The van der Waals surface area contributed by atoms with E-state index in [9.17, 15) is 34.2 Å². The summed E-state index contributed by atoms with van der Waals surface area (Å²) in [5.74, 6) is -5.28. The smallest absolute Gasteiger partial charge is 0.310 e. The third kappa shape index (κ3) is 3.29. The summed E-state index contributed by atoms with van der Waals surface area (Å²) in [5, 5.41) is 23.1. The second kappa shape index (κ2) is 7.31. The predicted octanol–water partition coefficient (Wildman–Crippen LogP) is 1.12. The minimum Gasteiger partial charge on any atom is -0.871 e. The summed E-state index contributed by atoms with van der Waals surface area (Å²) in [5.41, 5.74) is -1.86. The summed E-state index contributed by atoms with van der Waals surface area (Å²) >= 11 is 0. The van der Waals surface area contributed by atoms with Gasteiger partial charge in [0.05, 0.1) is 25.5 Å². The molecule has 0 aliphatic heterocycles. The van der Waals surface area contributed by atoms with Crippen molar-refractivity contribution in [1.29, 1.82) is 0 Å². The molecule has 0 amide bonds. The van der Waals surface area contributed by atoms with Gasteiger partial charge in [0.2, 0.25) is 0 Å². The van der Waals surface area contributed by atoms with Gasteiger partial charge in [0, 0.05) is 22.3 Å². The molecule has 0 atom stereocenters. The molecule has 0 unspecified atom stereocenters. The van der Waals surface area contributed by atoms with Crippen LogP contribution in [0.2, 0.25) is 0 Å². The zero-order valence-electron chi connectivity index (χ0n) is 15.5. The van der Waals surface area contributed by atoms with Gasteiger partial charge in [-0.05, 0) is 24.6 Å². The van der Waals surface area contributed by atoms with Crippen molar-refractivity contribution >= 4 is 29.1 Å². The molecule has 1 N–H and O–H groups in total. The maximum absolute atomic E-state index is 13.1. The lowest BCUT2D eigenvalue weighted by Crippen LogP contribution is -2.26. The number of Topliss-reactive ketones (excluding diaryl/α,β-unsaturated/α-hetero) is 2. The minimum absolute atomic E-state index is 0.0891. The van der Waals surface area contributed by atoms with Gasteiger partial charge in [-0.3, -0.25) is 24.0 Å². The van der Waals surface area contributed by atoms with E-state index in [1.807, 2.05) is 0 Å². The van der Waals surface area contributed by atoms with Crippen LogP contribution in [0.3, 0.4) is 0 Å². The summed E-state index contributed by atoms with van der Waals surface area (Å²) in [6, 6.07) is 5.04. The van der Waals surface area contributed by atoms with Crippen molar-refractivity contribution in [1.82, 2.24) is 0 Å². The summed E-state index contributed by atoms with van der Waals surface area (Å²) in [7, 11) is 1.11. The Kier molecular flexibility index (Phi) is 5.02. The third-order valence-corrected chi connectivity index (χ3v) is 4.60. The van der Waals surface area contributed by atoms with E-state index >= 15 is 0 Å². The Morgan fingerprint density at radius 2 is 1.76 bits per heavy atom. The SMILES string of the molecule is COC(=O)Cc1cc2c(c([O-])c1C(=O)CC(C)=O)C(=O)c1c(O)cccc1C2=O. The van der Waals surface area contributed by atoms with Crippen molar-refractivity contribution in [2.45, 2.75) is 19.8 Å². The van der Waals surface area contributed by atoms with Crippen LogP contribution in [-0.4, -0.2) is 41.3 Å². The molecule has 0 spiro atoms. The Balaban J connectivity index is 2.31. The summed E-state index contributed by atoms with van der Waals surface area (Å²) in [6.07, 6.45) is -1.10. The predicted molar refractivity (Wildman–Crippen MR) is 96.2 cm³/mol. The number of carbonyl (C=O) groups is 5. The maximum atomic E-state index is 13.1. The van der Waals surface area contributed by atoms with E-state index in [0.29, 0.717) is 0 Å². The van der Waals surface area contributed by atoms with Gasteiger partial charge in [0.1, 0.15) is 11.5 Å². The zero-order valence-corrected chi connectivity index (χ0v) is 15.5. The molecule has 2 aromatic carbocycles. The van der Waals surface area contributed by atoms with Gasteiger partial charge in [-0.1, -0.05) is 17.9 Å². The van der Waals surface area contributed by atoms with Gasteiger partial charge in [-0.15, -0.1) is 0 Å². The molecule has 29 heavy (non-hydrogen) atoms. The standard InChI is InChI=1S/C21H16O8/c1-9(22)6-14(24)16-10(8-15(25)29-2)7-12-18(20(16)27)21(28)17-11(19(12)26)4-3-5-13(17)23/h3-5,7,23,27H,6,8H2,1-2H3/p-1. The van der Waals surface area contributed by atoms with Crippen molar-refractivity contribution in [3.05, 3.63) is 57.6 Å². The maximum Gasteiger partial charge on any atom is 0.310 e. The van der Waals surface area contributed by atoms with Gasteiger partial charge in [0.15, 0.2) is 17.3 Å². The van der Waals surface area contributed by atoms with E-state index in [4.69, 9.17) is 0 Å². The van der Waals surface area contributed by atoms with Crippen LogP contribution in [0, 0.1) is 0 Å². The van der Waals surface area contributed by atoms with Gasteiger partial charge in [0.25, 0.3) is 0 Å². The number of ketones is 4. The van der Waals surface area contributed by atoms with E-state index in [1.54, 1.807) is 0 Å². The average Bonchev–Trinajstić information content (AvgIpc) is 2.64. The number of phenolic OH excluding ortho intramolecular Hbond substituents is 1. The van der Waals surface area contributed by atoms with E-state index < -0.39 is 64.6 Å². The molecule has 8 nitrogen and oxygen atoms in total. The Morgan fingerprint density at radius 1 is 1.07 bits per heavy atom. The van der Waals surface area contributed by atoms with Crippen molar-refractivity contribution in [2.24, 2.45) is 0 Å². The zero-order chi connectivity index (χ0) is 21.5. The van der Waals surface area contributed by atoms with Crippen LogP contribution in [0.15, 0.2) is 24.3 Å². The number of benzene rings is 2. The van der Waals surface area contributed by atoms with E-state index in [2.05, 4.69) is 4.74 Å². The first kappa shape index (κ1) is 19.9. The number of aromatic hydroxyl groups is 1. The Hall–Kier alpha value is -3.81. The molecule has 1 aliphatic rings. The third-order valence-electron chi connectivity index (χ3n) is 4.60. The van der Waals surface area contributed by atoms with Crippen molar-refractivity contribution in [3.8, 4) is 11.5 Å². The fourth-order valence-corrected chi connectivity index (χ4v) is 3.34. The first-order chi connectivity index (χ1) is 13.7. The largest absolute Gasteiger partial charge is 0.871 e. The Morgan fingerprint density at radius 3 is 2.38 bits per heavy atom. The van der Waals surface area contributed by atoms with E-state index in [-0.39, 0.29) is 22.3 Å². The second-order valence-corrected chi connectivity index (χ2v) is 6.58. The van der Waals surface area contributed by atoms with Gasteiger partial charge < -0.3 is 14.9 Å². The highest BCUT2D eigenvalue weighted by Gasteiger charge is 2.34. The number of phenols is 1. The monoisotopic (exact) mass is 395 g/mol. The van der Waals surface area contributed by atoms with Crippen LogP contribution < -0.4 is 5.11 Å². The number of hydrogen-bond acceptors (Lipinski definition) is 8. The molecule has 0 saturated heterocycles. The second-order valence-electron chi connectivity index (χ2n) is 6.58. The molecule has 3 rings (SSSR count). The Bertz CT molecular complexity index is 1110. The highest BCUT2D eigenvalue weighted by Crippen LogP contribution is 2.39. The molecule has 0 fully saturated rings. The van der Waals surface area contributed by atoms with E-state index in [1.165, 1.54) is 18.2 Å². The molecule has 8 heteroatoms. The molecule has 1 aliphatic carbocycles. The van der Waals surface area contributed by atoms with Crippen LogP contribution >= 0.6 is 0 Å². The van der Waals surface area contributed by atoms with Crippen molar-refractivity contribution in [2.75, 3.05) is 7.11 Å².